The van der Waals surface area contributed by atoms with Gasteiger partial charge in [-0.05, 0) is 87.9 Å². The molecule has 38 heavy (non-hydrogen) atoms. The number of ether oxygens (including phenoxy) is 1. The van der Waals surface area contributed by atoms with Gasteiger partial charge in [0, 0.05) is 37.6 Å². The highest BCUT2D eigenvalue weighted by molar-refractivity contribution is 5.97. The summed E-state index contributed by atoms with van der Waals surface area (Å²) in [5, 5.41) is 21.1. The van der Waals surface area contributed by atoms with Gasteiger partial charge in [0.1, 0.15) is 12.7 Å². The SMILES string of the molecule is Cc1cccc(C)c1C(=O)N1CCCCC2(CCN(Cc3ccncc3)CC2)C(=O)OC[C@@H](O)[C@@H](O)CC1. The fourth-order valence-corrected chi connectivity index (χ4v) is 5.74. The molecule has 206 valence electrons. The molecule has 2 fully saturated rings. The van der Waals surface area contributed by atoms with Gasteiger partial charge in [0.05, 0.1) is 11.5 Å². The van der Waals surface area contributed by atoms with Crippen LogP contribution in [-0.2, 0) is 16.1 Å². The van der Waals surface area contributed by atoms with Crippen LogP contribution in [0.5, 0.6) is 0 Å². The van der Waals surface area contributed by atoms with Crippen LogP contribution in [0.3, 0.4) is 0 Å². The Kier molecular flexibility index (Phi) is 9.52. The third kappa shape index (κ3) is 6.79. The number of esters is 1. The Morgan fingerprint density at radius 1 is 0.974 bits per heavy atom. The summed E-state index contributed by atoms with van der Waals surface area (Å²) >= 11 is 0. The van der Waals surface area contributed by atoms with Crippen LogP contribution in [0.15, 0.2) is 42.7 Å². The number of rotatable bonds is 3. The van der Waals surface area contributed by atoms with Crippen molar-refractivity contribution in [1.82, 2.24) is 14.8 Å². The molecular formula is C30H41N3O5. The van der Waals surface area contributed by atoms with Crippen LogP contribution in [0.1, 0.15) is 65.6 Å². The van der Waals surface area contributed by atoms with E-state index in [4.69, 9.17) is 4.74 Å². The Hall–Kier alpha value is -2.81. The summed E-state index contributed by atoms with van der Waals surface area (Å²) in [5.41, 5.74) is 3.13. The van der Waals surface area contributed by atoms with Crippen molar-refractivity contribution < 1.29 is 24.5 Å². The number of amides is 1. The van der Waals surface area contributed by atoms with Gasteiger partial charge in [0.15, 0.2) is 0 Å². The second-order valence-electron chi connectivity index (χ2n) is 10.9. The number of carbonyl (C=O) groups excluding carboxylic acids is 2. The fourth-order valence-electron chi connectivity index (χ4n) is 5.74. The number of aliphatic hydroxyl groups is 2. The standard InChI is InChI=1S/C30H41N3O5/c1-22-6-5-7-23(2)27(22)28(36)33-16-4-3-11-30(29(37)38-21-26(35)25(34)10-17-33)12-18-32(19-13-30)20-24-8-14-31-15-9-24/h5-9,14-15,25-26,34-35H,3-4,10-13,16-21H2,1-2H3/t25-,26+/m0/s1. The Balaban J connectivity index is 1.46. The highest BCUT2D eigenvalue weighted by Gasteiger charge is 2.42. The molecule has 8 nitrogen and oxygen atoms in total. The highest BCUT2D eigenvalue weighted by Crippen LogP contribution is 2.39. The molecule has 1 amide bonds. The van der Waals surface area contributed by atoms with E-state index in [1.165, 1.54) is 5.56 Å². The molecule has 1 aromatic carbocycles. The minimum absolute atomic E-state index is 0.0522. The Morgan fingerprint density at radius 3 is 2.34 bits per heavy atom. The molecule has 0 aliphatic carbocycles. The Bertz CT molecular complexity index is 1060. The fraction of sp³-hybridized carbons (Fsp3) is 0.567. The van der Waals surface area contributed by atoms with Crippen molar-refractivity contribution in [1.29, 1.82) is 0 Å². The lowest BCUT2D eigenvalue weighted by Gasteiger charge is -2.40. The van der Waals surface area contributed by atoms with Crippen LogP contribution >= 0.6 is 0 Å². The first-order valence-electron chi connectivity index (χ1n) is 13.8. The summed E-state index contributed by atoms with van der Waals surface area (Å²) in [4.78, 5) is 35.1. The van der Waals surface area contributed by atoms with Gasteiger partial charge >= 0.3 is 5.97 Å². The molecule has 0 bridgehead atoms. The van der Waals surface area contributed by atoms with Crippen molar-refractivity contribution in [3.63, 3.8) is 0 Å². The van der Waals surface area contributed by atoms with E-state index in [0.29, 0.717) is 37.9 Å². The molecule has 4 rings (SSSR count). The lowest BCUT2D eigenvalue weighted by Crippen LogP contribution is -2.45. The zero-order valence-electron chi connectivity index (χ0n) is 22.6. The molecule has 0 unspecified atom stereocenters. The van der Waals surface area contributed by atoms with Crippen LogP contribution in [0.25, 0.3) is 0 Å². The minimum Gasteiger partial charge on any atom is -0.462 e. The van der Waals surface area contributed by atoms with Crippen LogP contribution in [0.2, 0.25) is 0 Å². The number of aliphatic hydroxyl groups excluding tert-OH is 2. The maximum atomic E-state index is 13.5. The molecule has 0 radical (unpaired) electrons. The molecule has 2 aliphatic rings. The number of carbonyl (C=O) groups is 2. The van der Waals surface area contributed by atoms with E-state index in [1.54, 1.807) is 17.3 Å². The van der Waals surface area contributed by atoms with Gasteiger partial charge in [-0.25, -0.2) is 0 Å². The largest absolute Gasteiger partial charge is 0.462 e. The van der Waals surface area contributed by atoms with Gasteiger partial charge in [-0.2, -0.15) is 0 Å². The smallest absolute Gasteiger partial charge is 0.312 e. The first-order valence-corrected chi connectivity index (χ1v) is 13.8. The van der Waals surface area contributed by atoms with Crippen molar-refractivity contribution in [2.24, 2.45) is 5.41 Å². The lowest BCUT2D eigenvalue weighted by molar-refractivity contribution is -0.165. The zero-order chi connectivity index (χ0) is 27.1. The van der Waals surface area contributed by atoms with E-state index in [1.807, 2.05) is 44.2 Å². The summed E-state index contributed by atoms with van der Waals surface area (Å²) in [6.45, 7) is 6.87. The van der Waals surface area contributed by atoms with E-state index in [2.05, 4.69) is 9.88 Å². The summed E-state index contributed by atoms with van der Waals surface area (Å²) < 4.78 is 5.60. The third-order valence-corrected chi connectivity index (χ3v) is 8.24. The number of likely N-dealkylation sites (tertiary alicyclic amines) is 1. The monoisotopic (exact) mass is 523 g/mol. The van der Waals surface area contributed by atoms with Crippen LogP contribution in [0.4, 0.5) is 0 Å². The summed E-state index contributed by atoms with van der Waals surface area (Å²) in [7, 11) is 0. The maximum Gasteiger partial charge on any atom is 0.312 e. The predicted octanol–water partition coefficient (Wildman–Crippen LogP) is 3.26. The highest BCUT2D eigenvalue weighted by atomic mass is 16.5. The van der Waals surface area contributed by atoms with Crippen molar-refractivity contribution in [3.05, 3.63) is 65.0 Å². The van der Waals surface area contributed by atoms with Gasteiger partial charge in [-0.3, -0.25) is 19.5 Å². The maximum absolute atomic E-state index is 13.5. The number of cyclic esters (lactones) is 1. The number of nitrogens with zero attached hydrogens (tertiary/aromatic N) is 3. The molecule has 2 aliphatic heterocycles. The van der Waals surface area contributed by atoms with Crippen molar-refractivity contribution in [3.8, 4) is 0 Å². The van der Waals surface area contributed by atoms with Gasteiger partial charge in [0.2, 0.25) is 0 Å². The topological polar surface area (TPSA) is 103 Å². The summed E-state index contributed by atoms with van der Waals surface area (Å²) in [6, 6.07) is 9.84. The zero-order valence-corrected chi connectivity index (χ0v) is 22.6. The number of aryl methyl sites for hydroxylation is 2. The molecular weight excluding hydrogens is 482 g/mol. The number of piperidine rings is 1. The predicted molar refractivity (Wildman–Crippen MR) is 144 cm³/mol. The van der Waals surface area contributed by atoms with Crippen molar-refractivity contribution in [2.45, 2.75) is 71.1 Å². The molecule has 0 saturated carbocycles. The van der Waals surface area contributed by atoms with E-state index < -0.39 is 17.6 Å². The quantitative estimate of drug-likeness (QED) is 0.595. The average molecular weight is 524 g/mol. The molecule has 2 aromatic rings. The van der Waals surface area contributed by atoms with Crippen LogP contribution in [-0.4, -0.2) is 81.9 Å². The van der Waals surface area contributed by atoms with Crippen LogP contribution < -0.4 is 0 Å². The lowest BCUT2D eigenvalue weighted by atomic mass is 9.74. The van der Waals surface area contributed by atoms with Crippen LogP contribution in [0, 0.1) is 19.3 Å². The Labute approximate surface area is 225 Å². The molecule has 8 heteroatoms. The normalized spacial score (nSPS) is 23.7. The summed E-state index contributed by atoms with van der Waals surface area (Å²) in [6.07, 6.45) is 5.11. The molecule has 2 atom stereocenters. The summed E-state index contributed by atoms with van der Waals surface area (Å²) in [5.74, 6) is -0.335. The van der Waals surface area contributed by atoms with Gasteiger partial charge in [-0.1, -0.05) is 24.6 Å². The molecule has 2 saturated heterocycles. The van der Waals surface area contributed by atoms with E-state index in [0.717, 1.165) is 43.6 Å². The second kappa shape index (κ2) is 12.8. The van der Waals surface area contributed by atoms with Gasteiger partial charge in [-0.15, -0.1) is 0 Å². The minimum atomic E-state index is -1.19. The number of pyridine rings is 1. The third-order valence-electron chi connectivity index (χ3n) is 8.24. The molecule has 1 spiro atoms. The van der Waals surface area contributed by atoms with E-state index >= 15 is 0 Å². The first-order chi connectivity index (χ1) is 18.3. The van der Waals surface area contributed by atoms with Crippen molar-refractivity contribution in [2.75, 3.05) is 32.8 Å². The number of hydrogen-bond donors (Lipinski definition) is 2. The van der Waals surface area contributed by atoms with E-state index in [9.17, 15) is 19.8 Å². The first kappa shape index (κ1) is 28.2. The van der Waals surface area contributed by atoms with E-state index in [-0.39, 0.29) is 24.9 Å². The molecule has 1 aromatic heterocycles. The number of benzene rings is 1. The van der Waals surface area contributed by atoms with Gasteiger partial charge in [0.25, 0.3) is 5.91 Å². The second-order valence-corrected chi connectivity index (χ2v) is 10.9. The number of hydrogen-bond acceptors (Lipinski definition) is 7. The Morgan fingerprint density at radius 2 is 1.66 bits per heavy atom. The number of aromatic nitrogens is 1. The molecule has 3 heterocycles. The van der Waals surface area contributed by atoms with Crippen molar-refractivity contribution >= 4 is 11.9 Å². The molecule has 2 N–H and O–H groups in total. The van der Waals surface area contributed by atoms with Gasteiger partial charge < -0.3 is 19.8 Å². The average Bonchev–Trinajstić information content (AvgIpc) is 2.92.